The molecule has 0 aromatic rings. The molecule has 1 saturated heterocycles. The van der Waals surface area contributed by atoms with E-state index in [1.165, 1.54) is 0 Å². The fourth-order valence-corrected chi connectivity index (χ4v) is 2.79. The summed E-state index contributed by atoms with van der Waals surface area (Å²) in [6.07, 6.45) is 2.84. The quantitative estimate of drug-likeness (QED) is 0.819. The van der Waals surface area contributed by atoms with Crippen LogP contribution in [0.15, 0.2) is 0 Å². The van der Waals surface area contributed by atoms with Crippen LogP contribution >= 0.6 is 0 Å². The van der Waals surface area contributed by atoms with Crippen LogP contribution in [0.25, 0.3) is 0 Å². The van der Waals surface area contributed by atoms with E-state index in [1.54, 1.807) is 0 Å². The van der Waals surface area contributed by atoms with Crippen molar-refractivity contribution >= 4 is 5.91 Å². The number of hydrogen-bond donors (Lipinski definition) is 1. The van der Waals surface area contributed by atoms with E-state index in [0.29, 0.717) is 36.6 Å². The monoisotopic (exact) mass is 254 g/mol. The van der Waals surface area contributed by atoms with Crippen molar-refractivity contribution in [2.45, 2.75) is 47.0 Å². The van der Waals surface area contributed by atoms with E-state index in [0.717, 1.165) is 31.8 Å². The Hall–Kier alpha value is -0.570. The van der Waals surface area contributed by atoms with Gasteiger partial charge in [0.25, 0.3) is 0 Å². The van der Waals surface area contributed by atoms with E-state index in [9.17, 15) is 4.79 Å². The van der Waals surface area contributed by atoms with Gasteiger partial charge < -0.3 is 10.6 Å². The largest absolute Gasteiger partial charge is 0.342 e. The van der Waals surface area contributed by atoms with Gasteiger partial charge in [-0.15, -0.1) is 0 Å². The molecule has 1 aliphatic heterocycles. The van der Waals surface area contributed by atoms with Gasteiger partial charge in [0.2, 0.25) is 5.91 Å². The minimum Gasteiger partial charge on any atom is -0.342 e. The van der Waals surface area contributed by atoms with Crippen molar-refractivity contribution in [2.24, 2.45) is 29.4 Å². The lowest BCUT2D eigenvalue weighted by molar-refractivity contribution is -0.134. The maximum Gasteiger partial charge on any atom is 0.222 e. The maximum atomic E-state index is 12.3. The summed E-state index contributed by atoms with van der Waals surface area (Å²) in [5.41, 5.74) is 5.78. The van der Waals surface area contributed by atoms with E-state index < -0.39 is 0 Å². The van der Waals surface area contributed by atoms with Crippen LogP contribution in [-0.2, 0) is 4.79 Å². The van der Waals surface area contributed by atoms with Crippen molar-refractivity contribution in [3.8, 4) is 0 Å². The summed E-state index contributed by atoms with van der Waals surface area (Å²) in [6.45, 7) is 11.4. The summed E-state index contributed by atoms with van der Waals surface area (Å²) in [4.78, 5) is 14.3. The molecule has 0 bridgehead atoms. The zero-order valence-corrected chi connectivity index (χ0v) is 12.5. The van der Waals surface area contributed by atoms with E-state index in [1.807, 2.05) is 4.90 Å². The minimum atomic E-state index is 0.310. The van der Waals surface area contributed by atoms with Crippen molar-refractivity contribution in [3.05, 3.63) is 0 Å². The number of carbonyl (C=O) groups is 1. The summed E-state index contributed by atoms with van der Waals surface area (Å²) in [7, 11) is 0. The summed E-state index contributed by atoms with van der Waals surface area (Å²) < 4.78 is 0. The SMILES string of the molecule is CC(C)C[C@H](CN)CC(=O)N1CCC(C)C(C)C1. The third-order valence-electron chi connectivity index (χ3n) is 4.29. The number of hydrogen-bond acceptors (Lipinski definition) is 2. The molecule has 1 rings (SSSR count). The van der Waals surface area contributed by atoms with Gasteiger partial charge >= 0.3 is 0 Å². The van der Waals surface area contributed by atoms with Crippen LogP contribution in [0.4, 0.5) is 0 Å². The van der Waals surface area contributed by atoms with Crippen molar-refractivity contribution in [2.75, 3.05) is 19.6 Å². The third-order valence-corrected chi connectivity index (χ3v) is 4.29. The Morgan fingerprint density at radius 1 is 1.33 bits per heavy atom. The van der Waals surface area contributed by atoms with Crippen LogP contribution in [-0.4, -0.2) is 30.4 Å². The number of likely N-dealkylation sites (tertiary alicyclic amines) is 1. The van der Waals surface area contributed by atoms with Crippen molar-refractivity contribution in [1.82, 2.24) is 4.90 Å². The number of amides is 1. The molecule has 1 amide bonds. The number of nitrogens with two attached hydrogens (primary N) is 1. The molecule has 1 heterocycles. The number of nitrogens with zero attached hydrogens (tertiary/aromatic N) is 1. The first-order valence-corrected chi connectivity index (χ1v) is 7.41. The molecule has 0 spiro atoms. The lowest BCUT2D eigenvalue weighted by atomic mass is 9.88. The Morgan fingerprint density at radius 2 is 2.00 bits per heavy atom. The zero-order chi connectivity index (χ0) is 13.7. The lowest BCUT2D eigenvalue weighted by Gasteiger charge is -2.36. The van der Waals surface area contributed by atoms with Gasteiger partial charge in [-0.25, -0.2) is 0 Å². The van der Waals surface area contributed by atoms with Crippen LogP contribution in [0.1, 0.15) is 47.0 Å². The van der Waals surface area contributed by atoms with E-state index >= 15 is 0 Å². The summed E-state index contributed by atoms with van der Waals surface area (Å²) in [6, 6.07) is 0. The van der Waals surface area contributed by atoms with Gasteiger partial charge in [-0.05, 0) is 43.1 Å². The average molecular weight is 254 g/mol. The molecule has 0 aromatic heterocycles. The molecular weight excluding hydrogens is 224 g/mol. The first kappa shape index (κ1) is 15.5. The van der Waals surface area contributed by atoms with Crippen LogP contribution in [0.5, 0.6) is 0 Å². The molecule has 0 radical (unpaired) electrons. The second-order valence-electron chi connectivity index (χ2n) is 6.52. The first-order valence-electron chi connectivity index (χ1n) is 7.41. The van der Waals surface area contributed by atoms with Crippen LogP contribution in [0, 0.1) is 23.7 Å². The Labute approximate surface area is 112 Å². The lowest BCUT2D eigenvalue weighted by Crippen LogP contribution is -2.43. The van der Waals surface area contributed by atoms with E-state index in [4.69, 9.17) is 5.73 Å². The van der Waals surface area contributed by atoms with Crippen molar-refractivity contribution < 1.29 is 4.79 Å². The fraction of sp³-hybridized carbons (Fsp3) is 0.933. The van der Waals surface area contributed by atoms with E-state index in [-0.39, 0.29) is 0 Å². The molecular formula is C15H30N2O. The van der Waals surface area contributed by atoms with Crippen LogP contribution in [0.3, 0.4) is 0 Å². The van der Waals surface area contributed by atoms with Gasteiger partial charge in [-0.3, -0.25) is 4.79 Å². The molecule has 3 nitrogen and oxygen atoms in total. The Morgan fingerprint density at radius 3 is 2.50 bits per heavy atom. The molecule has 2 N–H and O–H groups in total. The molecule has 0 aromatic carbocycles. The molecule has 18 heavy (non-hydrogen) atoms. The molecule has 1 aliphatic rings. The molecule has 0 saturated carbocycles. The van der Waals surface area contributed by atoms with Crippen molar-refractivity contribution in [3.63, 3.8) is 0 Å². The molecule has 2 unspecified atom stereocenters. The summed E-state index contributed by atoms with van der Waals surface area (Å²) >= 11 is 0. The number of carbonyl (C=O) groups excluding carboxylic acids is 1. The Bertz CT molecular complexity index is 265. The highest BCUT2D eigenvalue weighted by atomic mass is 16.2. The van der Waals surface area contributed by atoms with Crippen molar-refractivity contribution in [1.29, 1.82) is 0 Å². The van der Waals surface area contributed by atoms with Gasteiger partial charge in [-0.1, -0.05) is 27.7 Å². The van der Waals surface area contributed by atoms with Crippen LogP contribution in [0.2, 0.25) is 0 Å². The number of piperidine rings is 1. The highest BCUT2D eigenvalue weighted by Gasteiger charge is 2.27. The third kappa shape index (κ3) is 4.60. The highest BCUT2D eigenvalue weighted by molar-refractivity contribution is 5.76. The zero-order valence-electron chi connectivity index (χ0n) is 12.5. The van der Waals surface area contributed by atoms with Crippen LogP contribution < -0.4 is 5.73 Å². The molecule has 0 aliphatic carbocycles. The molecule has 3 heteroatoms. The standard InChI is InChI=1S/C15H30N2O/c1-11(2)7-14(9-16)8-15(18)17-6-5-12(3)13(4)10-17/h11-14H,5-10,16H2,1-4H3/t12?,13?,14-/m0/s1. The smallest absolute Gasteiger partial charge is 0.222 e. The van der Waals surface area contributed by atoms with Gasteiger partial charge in [0.05, 0.1) is 0 Å². The summed E-state index contributed by atoms with van der Waals surface area (Å²) in [5, 5.41) is 0. The second-order valence-corrected chi connectivity index (χ2v) is 6.52. The maximum absolute atomic E-state index is 12.3. The minimum absolute atomic E-state index is 0.310. The first-order chi connectivity index (χ1) is 8.43. The van der Waals surface area contributed by atoms with Gasteiger partial charge in [0.1, 0.15) is 0 Å². The number of rotatable bonds is 5. The Balaban J connectivity index is 2.44. The summed E-state index contributed by atoms with van der Waals surface area (Å²) in [5.74, 6) is 2.66. The van der Waals surface area contributed by atoms with Gasteiger partial charge in [0, 0.05) is 19.5 Å². The second kappa shape index (κ2) is 7.13. The highest BCUT2D eigenvalue weighted by Crippen LogP contribution is 2.24. The predicted molar refractivity (Wildman–Crippen MR) is 76.1 cm³/mol. The normalized spacial score (nSPS) is 26.4. The van der Waals surface area contributed by atoms with Gasteiger partial charge in [0.15, 0.2) is 0 Å². The molecule has 3 atom stereocenters. The van der Waals surface area contributed by atoms with E-state index in [2.05, 4.69) is 27.7 Å². The topological polar surface area (TPSA) is 46.3 Å². The van der Waals surface area contributed by atoms with Gasteiger partial charge in [-0.2, -0.15) is 0 Å². The molecule has 1 fully saturated rings. The fourth-order valence-electron chi connectivity index (χ4n) is 2.79. The predicted octanol–water partition coefficient (Wildman–Crippen LogP) is 2.50. The Kier molecular flexibility index (Phi) is 6.13. The average Bonchev–Trinajstić information content (AvgIpc) is 2.31. The molecule has 106 valence electrons.